The quantitative estimate of drug-likeness (QED) is 0.852. The minimum absolute atomic E-state index is 0.194. The number of rotatable bonds is 6. The highest BCUT2D eigenvalue weighted by molar-refractivity contribution is 7.15. The molecule has 0 atom stereocenters. The number of hydrogen-bond acceptors (Lipinski definition) is 3. The molecule has 21 heavy (non-hydrogen) atoms. The van der Waals surface area contributed by atoms with Crippen LogP contribution in [0, 0.1) is 12.7 Å². The standard InChI is InChI=1S/C17H21FN2S/c1-3-4-15-16(10-19-13-7-8-13)21-17(20-15)14-9-12(18)6-5-11(14)2/h5-6,9,13,19H,3-4,7-8,10H2,1-2H3. The first-order valence-electron chi connectivity index (χ1n) is 7.66. The SMILES string of the molecule is CCCc1nc(-c2cc(F)ccc2C)sc1CNC1CC1. The van der Waals surface area contributed by atoms with Crippen LogP contribution in [0.5, 0.6) is 0 Å². The molecule has 3 rings (SSSR count). The third-order valence-electron chi connectivity index (χ3n) is 3.82. The molecule has 2 aromatic rings. The average Bonchev–Trinajstić information content (AvgIpc) is 3.21. The summed E-state index contributed by atoms with van der Waals surface area (Å²) in [5.74, 6) is -0.194. The van der Waals surface area contributed by atoms with Gasteiger partial charge in [0.25, 0.3) is 0 Å². The lowest BCUT2D eigenvalue weighted by Gasteiger charge is -2.02. The molecule has 1 fully saturated rings. The molecule has 1 heterocycles. The first-order valence-corrected chi connectivity index (χ1v) is 8.47. The van der Waals surface area contributed by atoms with E-state index in [0.29, 0.717) is 6.04 Å². The summed E-state index contributed by atoms with van der Waals surface area (Å²) in [6, 6.07) is 5.63. The maximum Gasteiger partial charge on any atom is 0.124 e. The Hall–Kier alpha value is -1.26. The van der Waals surface area contributed by atoms with Gasteiger partial charge < -0.3 is 5.32 Å². The van der Waals surface area contributed by atoms with Gasteiger partial charge in [-0.2, -0.15) is 0 Å². The van der Waals surface area contributed by atoms with E-state index in [0.717, 1.165) is 35.5 Å². The fourth-order valence-electron chi connectivity index (χ4n) is 2.42. The van der Waals surface area contributed by atoms with E-state index >= 15 is 0 Å². The first-order chi connectivity index (χ1) is 10.2. The molecule has 0 unspecified atom stereocenters. The molecule has 1 N–H and O–H groups in total. The van der Waals surface area contributed by atoms with Gasteiger partial charge in [0.2, 0.25) is 0 Å². The van der Waals surface area contributed by atoms with E-state index in [2.05, 4.69) is 12.2 Å². The van der Waals surface area contributed by atoms with Gasteiger partial charge in [0.05, 0.1) is 5.69 Å². The molecule has 1 aromatic heterocycles. The number of hydrogen-bond donors (Lipinski definition) is 1. The molecule has 112 valence electrons. The number of aromatic nitrogens is 1. The highest BCUT2D eigenvalue weighted by Gasteiger charge is 2.22. The van der Waals surface area contributed by atoms with E-state index in [1.807, 2.05) is 13.0 Å². The maximum absolute atomic E-state index is 13.5. The molecule has 0 amide bonds. The Morgan fingerprint density at radius 1 is 1.38 bits per heavy atom. The van der Waals surface area contributed by atoms with Gasteiger partial charge in [-0.15, -0.1) is 11.3 Å². The molecule has 0 radical (unpaired) electrons. The molecule has 0 spiro atoms. The van der Waals surface area contributed by atoms with Crippen molar-refractivity contribution in [3.05, 3.63) is 40.2 Å². The summed E-state index contributed by atoms with van der Waals surface area (Å²) in [5, 5.41) is 4.51. The van der Waals surface area contributed by atoms with Crippen LogP contribution in [-0.4, -0.2) is 11.0 Å². The highest BCUT2D eigenvalue weighted by Crippen LogP contribution is 2.32. The molecular weight excluding hydrogens is 283 g/mol. The van der Waals surface area contributed by atoms with Crippen LogP contribution in [0.4, 0.5) is 4.39 Å². The van der Waals surface area contributed by atoms with E-state index in [1.54, 1.807) is 17.4 Å². The monoisotopic (exact) mass is 304 g/mol. The summed E-state index contributed by atoms with van der Waals surface area (Å²) in [7, 11) is 0. The Bertz CT molecular complexity index is 632. The van der Waals surface area contributed by atoms with Crippen LogP contribution >= 0.6 is 11.3 Å². The minimum Gasteiger partial charge on any atom is -0.309 e. The van der Waals surface area contributed by atoms with Gasteiger partial charge in [-0.25, -0.2) is 9.37 Å². The largest absolute Gasteiger partial charge is 0.309 e. The van der Waals surface area contributed by atoms with E-state index in [-0.39, 0.29) is 5.82 Å². The normalized spacial score (nSPS) is 14.6. The molecule has 1 saturated carbocycles. The van der Waals surface area contributed by atoms with Gasteiger partial charge in [0.15, 0.2) is 0 Å². The number of nitrogens with one attached hydrogen (secondary N) is 1. The van der Waals surface area contributed by atoms with Gasteiger partial charge in [0.1, 0.15) is 10.8 Å². The van der Waals surface area contributed by atoms with Crippen molar-refractivity contribution in [1.82, 2.24) is 10.3 Å². The minimum atomic E-state index is -0.194. The third kappa shape index (κ3) is 3.50. The zero-order valence-corrected chi connectivity index (χ0v) is 13.4. The molecule has 2 nitrogen and oxygen atoms in total. The van der Waals surface area contributed by atoms with Crippen molar-refractivity contribution in [1.29, 1.82) is 0 Å². The Kier molecular flexibility index (Phi) is 4.36. The zero-order chi connectivity index (χ0) is 14.8. The van der Waals surface area contributed by atoms with Crippen molar-refractivity contribution >= 4 is 11.3 Å². The van der Waals surface area contributed by atoms with Crippen LogP contribution < -0.4 is 5.32 Å². The van der Waals surface area contributed by atoms with Crippen LogP contribution in [0.3, 0.4) is 0 Å². The van der Waals surface area contributed by atoms with E-state index in [1.165, 1.54) is 29.5 Å². The Morgan fingerprint density at radius 2 is 2.19 bits per heavy atom. The summed E-state index contributed by atoms with van der Waals surface area (Å²) in [4.78, 5) is 6.09. The predicted molar refractivity (Wildman–Crippen MR) is 86.1 cm³/mol. The van der Waals surface area contributed by atoms with E-state index in [9.17, 15) is 4.39 Å². The average molecular weight is 304 g/mol. The van der Waals surface area contributed by atoms with Gasteiger partial charge >= 0.3 is 0 Å². The van der Waals surface area contributed by atoms with E-state index < -0.39 is 0 Å². The summed E-state index contributed by atoms with van der Waals surface area (Å²) >= 11 is 1.70. The number of thiazole rings is 1. The number of aryl methyl sites for hydroxylation is 2. The van der Waals surface area contributed by atoms with Crippen molar-refractivity contribution in [3.63, 3.8) is 0 Å². The van der Waals surface area contributed by atoms with Crippen LogP contribution in [0.25, 0.3) is 10.6 Å². The second-order valence-corrected chi connectivity index (χ2v) is 6.84. The Labute approximate surface area is 129 Å². The van der Waals surface area contributed by atoms with Crippen LogP contribution in [0.2, 0.25) is 0 Å². The van der Waals surface area contributed by atoms with Gasteiger partial charge in [-0.1, -0.05) is 19.4 Å². The number of halogens is 1. The summed E-state index contributed by atoms with van der Waals surface area (Å²) in [6.07, 6.45) is 4.66. The predicted octanol–water partition coefficient (Wildman–Crippen LogP) is 4.46. The number of benzene rings is 1. The Morgan fingerprint density at radius 3 is 2.90 bits per heavy atom. The summed E-state index contributed by atoms with van der Waals surface area (Å²) in [5.41, 5.74) is 3.18. The maximum atomic E-state index is 13.5. The Balaban J connectivity index is 1.90. The molecule has 1 aromatic carbocycles. The molecule has 4 heteroatoms. The molecular formula is C17H21FN2S. The fourth-order valence-corrected chi connectivity index (χ4v) is 3.56. The molecule has 0 aliphatic heterocycles. The van der Waals surface area contributed by atoms with Gasteiger partial charge in [-0.05, 0) is 43.9 Å². The van der Waals surface area contributed by atoms with E-state index in [4.69, 9.17) is 4.98 Å². The molecule has 1 aliphatic carbocycles. The van der Waals surface area contributed by atoms with Crippen molar-refractivity contribution in [2.24, 2.45) is 0 Å². The van der Waals surface area contributed by atoms with Crippen molar-refractivity contribution in [2.45, 2.75) is 52.1 Å². The third-order valence-corrected chi connectivity index (χ3v) is 4.95. The number of nitrogens with zero attached hydrogens (tertiary/aromatic N) is 1. The highest BCUT2D eigenvalue weighted by atomic mass is 32.1. The molecule has 0 saturated heterocycles. The fraction of sp³-hybridized carbons (Fsp3) is 0.471. The van der Waals surface area contributed by atoms with Crippen molar-refractivity contribution in [3.8, 4) is 10.6 Å². The van der Waals surface area contributed by atoms with Crippen molar-refractivity contribution in [2.75, 3.05) is 0 Å². The van der Waals surface area contributed by atoms with Crippen LogP contribution in [0.1, 0.15) is 42.3 Å². The smallest absolute Gasteiger partial charge is 0.124 e. The van der Waals surface area contributed by atoms with Crippen LogP contribution in [-0.2, 0) is 13.0 Å². The zero-order valence-electron chi connectivity index (χ0n) is 12.6. The topological polar surface area (TPSA) is 24.9 Å². The second-order valence-electron chi connectivity index (χ2n) is 5.75. The van der Waals surface area contributed by atoms with Crippen molar-refractivity contribution < 1.29 is 4.39 Å². The molecule has 0 bridgehead atoms. The van der Waals surface area contributed by atoms with Crippen LogP contribution in [0.15, 0.2) is 18.2 Å². The second kappa shape index (κ2) is 6.24. The lowest BCUT2D eigenvalue weighted by molar-refractivity contribution is 0.628. The summed E-state index contributed by atoms with van der Waals surface area (Å²) < 4.78 is 13.5. The first kappa shape index (κ1) is 14.7. The lowest BCUT2D eigenvalue weighted by atomic mass is 10.1. The van der Waals surface area contributed by atoms with Gasteiger partial charge in [-0.3, -0.25) is 0 Å². The van der Waals surface area contributed by atoms with Gasteiger partial charge in [0, 0.05) is 23.0 Å². The summed E-state index contributed by atoms with van der Waals surface area (Å²) in [6.45, 7) is 5.08. The molecule has 1 aliphatic rings. The lowest BCUT2D eigenvalue weighted by Crippen LogP contribution is -2.15.